The molecular formula is C19H23FN4O. The van der Waals surface area contributed by atoms with Crippen molar-refractivity contribution in [1.82, 2.24) is 9.97 Å². The zero-order chi connectivity index (χ0) is 17.8. The van der Waals surface area contributed by atoms with E-state index in [1.807, 2.05) is 6.92 Å². The van der Waals surface area contributed by atoms with E-state index in [-0.39, 0.29) is 11.7 Å². The number of aryl methyl sites for hydroxylation is 1. The molecule has 132 valence electrons. The van der Waals surface area contributed by atoms with E-state index in [4.69, 9.17) is 0 Å². The zero-order valence-corrected chi connectivity index (χ0v) is 14.6. The van der Waals surface area contributed by atoms with Crippen molar-refractivity contribution in [2.45, 2.75) is 45.6 Å². The van der Waals surface area contributed by atoms with Crippen LogP contribution in [0.25, 0.3) is 0 Å². The van der Waals surface area contributed by atoms with Crippen LogP contribution in [0.5, 0.6) is 0 Å². The third-order valence-corrected chi connectivity index (χ3v) is 4.53. The van der Waals surface area contributed by atoms with E-state index in [0.29, 0.717) is 23.4 Å². The highest BCUT2D eigenvalue weighted by Crippen LogP contribution is 2.24. The van der Waals surface area contributed by atoms with Gasteiger partial charge in [-0.05, 0) is 62.9 Å². The lowest BCUT2D eigenvalue weighted by Crippen LogP contribution is -2.40. The molecular weight excluding hydrogens is 319 g/mol. The minimum absolute atomic E-state index is 0.316. The maximum Gasteiger partial charge on any atom is 0.274 e. The lowest BCUT2D eigenvalue weighted by molar-refractivity contribution is 0.102. The molecule has 0 aliphatic carbocycles. The molecule has 2 heterocycles. The molecule has 1 aromatic heterocycles. The zero-order valence-electron chi connectivity index (χ0n) is 14.6. The van der Waals surface area contributed by atoms with Gasteiger partial charge in [-0.1, -0.05) is 6.92 Å². The third kappa shape index (κ3) is 4.13. The number of carbonyl (C=O) groups is 1. The van der Waals surface area contributed by atoms with Crippen LogP contribution in [0.3, 0.4) is 0 Å². The molecule has 1 aliphatic rings. The van der Waals surface area contributed by atoms with Gasteiger partial charge in [-0.25, -0.2) is 14.4 Å². The third-order valence-electron chi connectivity index (χ3n) is 4.53. The molecule has 2 aromatic rings. The molecule has 1 N–H and O–H groups in total. The maximum absolute atomic E-state index is 13.0. The quantitative estimate of drug-likeness (QED) is 0.914. The lowest BCUT2D eigenvalue weighted by atomic mass is 10.0. The fourth-order valence-electron chi connectivity index (χ4n) is 3.21. The SMILES string of the molecule is CCC1CCCCN1c1nc(C)cc(C(=O)Nc2ccc(F)cc2)n1. The van der Waals surface area contributed by atoms with Crippen molar-refractivity contribution in [3.63, 3.8) is 0 Å². The number of nitrogens with zero attached hydrogens (tertiary/aromatic N) is 3. The number of anilines is 2. The number of amides is 1. The van der Waals surface area contributed by atoms with Gasteiger partial charge < -0.3 is 10.2 Å². The molecule has 1 saturated heterocycles. The number of aromatic nitrogens is 2. The highest BCUT2D eigenvalue weighted by molar-refractivity contribution is 6.03. The van der Waals surface area contributed by atoms with Gasteiger partial charge in [0.2, 0.25) is 5.95 Å². The van der Waals surface area contributed by atoms with Crippen LogP contribution in [0.15, 0.2) is 30.3 Å². The molecule has 0 spiro atoms. The standard InChI is InChI=1S/C19H23FN4O/c1-3-16-6-4-5-11-24(16)19-21-13(2)12-17(23-19)18(25)22-15-9-7-14(20)8-10-15/h7-10,12,16H,3-6,11H2,1-2H3,(H,22,25). The molecule has 5 nitrogen and oxygen atoms in total. The first kappa shape index (κ1) is 17.3. The van der Waals surface area contributed by atoms with Crippen LogP contribution in [-0.2, 0) is 0 Å². The number of benzene rings is 1. The Morgan fingerprint density at radius 2 is 2.04 bits per heavy atom. The highest BCUT2D eigenvalue weighted by Gasteiger charge is 2.24. The number of hydrogen-bond acceptors (Lipinski definition) is 4. The first-order valence-electron chi connectivity index (χ1n) is 8.76. The van der Waals surface area contributed by atoms with Gasteiger partial charge in [0.15, 0.2) is 0 Å². The second-order valence-corrected chi connectivity index (χ2v) is 6.41. The van der Waals surface area contributed by atoms with Gasteiger partial charge in [-0.15, -0.1) is 0 Å². The Hall–Kier alpha value is -2.50. The topological polar surface area (TPSA) is 58.1 Å². The van der Waals surface area contributed by atoms with Gasteiger partial charge in [-0.3, -0.25) is 4.79 Å². The minimum Gasteiger partial charge on any atom is -0.338 e. The summed E-state index contributed by atoms with van der Waals surface area (Å²) >= 11 is 0. The van der Waals surface area contributed by atoms with E-state index >= 15 is 0 Å². The summed E-state index contributed by atoms with van der Waals surface area (Å²) in [6.45, 7) is 4.95. The Balaban J connectivity index is 1.83. The summed E-state index contributed by atoms with van der Waals surface area (Å²) in [4.78, 5) is 23.8. The molecule has 1 unspecified atom stereocenters. The van der Waals surface area contributed by atoms with Crippen molar-refractivity contribution in [2.75, 3.05) is 16.8 Å². The van der Waals surface area contributed by atoms with Crippen molar-refractivity contribution in [1.29, 1.82) is 0 Å². The second-order valence-electron chi connectivity index (χ2n) is 6.41. The van der Waals surface area contributed by atoms with Crippen LogP contribution in [0.4, 0.5) is 16.0 Å². The van der Waals surface area contributed by atoms with Gasteiger partial charge in [0.05, 0.1) is 0 Å². The number of halogens is 1. The molecule has 0 saturated carbocycles. The van der Waals surface area contributed by atoms with Gasteiger partial charge in [0, 0.05) is 24.0 Å². The minimum atomic E-state index is -0.339. The molecule has 1 atom stereocenters. The maximum atomic E-state index is 13.0. The summed E-state index contributed by atoms with van der Waals surface area (Å²) in [5.74, 6) is -0.0342. The van der Waals surface area contributed by atoms with Crippen molar-refractivity contribution < 1.29 is 9.18 Å². The van der Waals surface area contributed by atoms with Crippen molar-refractivity contribution in [2.24, 2.45) is 0 Å². The first-order chi connectivity index (χ1) is 12.1. The number of nitrogens with one attached hydrogen (secondary N) is 1. The Bertz CT molecular complexity index is 748. The monoisotopic (exact) mass is 342 g/mol. The second kappa shape index (κ2) is 7.59. The van der Waals surface area contributed by atoms with Crippen molar-refractivity contribution >= 4 is 17.5 Å². The first-order valence-corrected chi connectivity index (χ1v) is 8.76. The van der Waals surface area contributed by atoms with Crippen molar-refractivity contribution in [3.05, 3.63) is 47.5 Å². The molecule has 6 heteroatoms. The van der Waals surface area contributed by atoms with Crippen LogP contribution < -0.4 is 10.2 Å². The van der Waals surface area contributed by atoms with Crippen LogP contribution in [0, 0.1) is 12.7 Å². The fraction of sp³-hybridized carbons (Fsp3) is 0.421. The average molecular weight is 342 g/mol. The summed E-state index contributed by atoms with van der Waals surface area (Å²) < 4.78 is 13.0. The van der Waals surface area contributed by atoms with Crippen molar-refractivity contribution in [3.8, 4) is 0 Å². The van der Waals surface area contributed by atoms with Crippen LogP contribution in [0.1, 0.15) is 48.8 Å². The summed E-state index contributed by atoms with van der Waals surface area (Å²) in [5, 5.41) is 2.75. The highest BCUT2D eigenvalue weighted by atomic mass is 19.1. The molecule has 0 radical (unpaired) electrons. The van der Waals surface area contributed by atoms with Crippen LogP contribution in [0.2, 0.25) is 0 Å². The van der Waals surface area contributed by atoms with E-state index in [1.54, 1.807) is 6.07 Å². The largest absolute Gasteiger partial charge is 0.338 e. The molecule has 1 fully saturated rings. The Morgan fingerprint density at radius 3 is 2.76 bits per heavy atom. The average Bonchev–Trinajstić information content (AvgIpc) is 2.63. The number of carbonyl (C=O) groups excluding carboxylic acids is 1. The summed E-state index contributed by atoms with van der Waals surface area (Å²) in [5.41, 5.74) is 1.62. The van der Waals surface area contributed by atoms with E-state index in [9.17, 15) is 9.18 Å². The van der Waals surface area contributed by atoms with Crippen LogP contribution in [-0.4, -0.2) is 28.5 Å². The van der Waals surface area contributed by atoms with E-state index in [0.717, 1.165) is 31.5 Å². The normalized spacial score (nSPS) is 17.4. The van der Waals surface area contributed by atoms with E-state index < -0.39 is 0 Å². The van der Waals surface area contributed by atoms with E-state index in [1.165, 1.54) is 30.7 Å². The Morgan fingerprint density at radius 1 is 1.28 bits per heavy atom. The molecule has 0 bridgehead atoms. The van der Waals surface area contributed by atoms with Crippen LogP contribution >= 0.6 is 0 Å². The van der Waals surface area contributed by atoms with E-state index in [2.05, 4.69) is 27.1 Å². The predicted octanol–water partition coefficient (Wildman–Crippen LogP) is 3.95. The molecule has 1 aromatic carbocycles. The number of rotatable bonds is 4. The predicted molar refractivity (Wildman–Crippen MR) is 96.4 cm³/mol. The fourth-order valence-corrected chi connectivity index (χ4v) is 3.21. The molecule has 25 heavy (non-hydrogen) atoms. The lowest BCUT2D eigenvalue weighted by Gasteiger charge is -2.35. The number of piperidine rings is 1. The molecule has 1 amide bonds. The molecule has 3 rings (SSSR count). The summed E-state index contributed by atoms with van der Waals surface area (Å²) in [6, 6.07) is 7.77. The Labute approximate surface area is 147 Å². The van der Waals surface area contributed by atoms with Gasteiger partial charge in [-0.2, -0.15) is 0 Å². The van der Waals surface area contributed by atoms with Gasteiger partial charge in [0.1, 0.15) is 11.5 Å². The number of hydrogen-bond donors (Lipinski definition) is 1. The Kier molecular flexibility index (Phi) is 5.26. The van der Waals surface area contributed by atoms with Gasteiger partial charge >= 0.3 is 0 Å². The van der Waals surface area contributed by atoms with Gasteiger partial charge in [0.25, 0.3) is 5.91 Å². The summed E-state index contributed by atoms with van der Waals surface area (Å²) in [6.07, 6.45) is 4.50. The molecule has 1 aliphatic heterocycles. The summed E-state index contributed by atoms with van der Waals surface area (Å²) in [7, 11) is 0. The smallest absolute Gasteiger partial charge is 0.274 e.